The fourth-order valence-corrected chi connectivity index (χ4v) is 4.35. The first-order valence-corrected chi connectivity index (χ1v) is 11.4. The molecule has 1 aliphatic rings. The van der Waals surface area contributed by atoms with Crippen LogP contribution in [0.3, 0.4) is 0 Å². The molecule has 166 valence electrons. The van der Waals surface area contributed by atoms with Crippen LogP contribution in [0, 0.1) is 5.82 Å². The van der Waals surface area contributed by atoms with Gasteiger partial charge in [-0.25, -0.2) is 4.39 Å². The van der Waals surface area contributed by atoms with Crippen LogP contribution < -0.4 is 5.32 Å². The van der Waals surface area contributed by atoms with Crippen molar-refractivity contribution in [2.75, 3.05) is 18.4 Å². The van der Waals surface area contributed by atoms with Crippen molar-refractivity contribution in [3.8, 4) is 11.1 Å². The number of halogens is 2. The van der Waals surface area contributed by atoms with Crippen molar-refractivity contribution in [3.05, 3.63) is 94.9 Å². The molecule has 1 amide bonds. The first-order valence-electron chi connectivity index (χ1n) is 11.0. The number of benzene rings is 3. The zero-order valence-electron chi connectivity index (χ0n) is 18.0. The van der Waals surface area contributed by atoms with E-state index in [9.17, 15) is 9.18 Å². The highest BCUT2D eigenvalue weighted by molar-refractivity contribution is 6.30. The third-order valence-corrected chi connectivity index (χ3v) is 6.26. The van der Waals surface area contributed by atoms with E-state index in [1.807, 2.05) is 48.7 Å². The van der Waals surface area contributed by atoms with Gasteiger partial charge in [0.25, 0.3) is 5.91 Å². The second kappa shape index (κ2) is 9.30. The molecular formula is C27H23ClFN3O. The predicted molar refractivity (Wildman–Crippen MR) is 131 cm³/mol. The van der Waals surface area contributed by atoms with Crippen molar-refractivity contribution in [3.63, 3.8) is 0 Å². The van der Waals surface area contributed by atoms with Gasteiger partial charge in [0.1, 0.15) is 5.82 Å². The van der Waals surface area contributed by atoms with Crippen LogP contribution in [0.5, 0.6) is 0 Å². The van der Waals surface area contributed by atoms with E-state index in [-0.39, 0.29) is 11.6 Å². The van der Waals surface area contributed by atoms with Gasteiger partial charge in [-0.15, -0.1) is 0 Å². The number of aromatic nitrogens is 1. The Balaban J connectivity index is 1.32. The number of carbonyl (C=O) groups is 1. The Morgan fingerprint density at radius 2 is 1.64 bits per heavy atom. The summed E-state index contributed by atoms with van der Waals surface area (Å²) in [6.07, 6.45) is 4.28. The summed E-state index contributed by atoms with van der Waals surface area (Å²) in [6, 6.07) is 19.7. The van der Waals surface area contributed by atoms with Crippen molar-refractivity contribution < 1.29 is 9.18 Å². The van der Waals surface area contributed by atoms with Crippen molar-refractivity contribution in [2.24, 2.45) is 0 Å². The molecule has 4 nitrogen and oxygen atoms in total. The molecule has 6 heteroatoms. The smallest absolute Gasteiger partial charge is 0.255 e. The summed E-state index contributed by atoms with van der Waals surface area (Å²) in [4.78, 5) is 19.6. The minimum Gasteiger partial charge on any atom is -0.319 e. The lowest BCUT2D eigenvalue weighted by Crippen LogP contribution is -2.18. The number of hydrogen-bond donors (Lipinski definition) is 1. The fourth-order valence-electron chi connectivity index (χ4n) is 4.23. The molecule has 0 radical (unpaired) electrons. The van der Waals surface area contributed by atoms with Gasteiger partial charge in [0.15, 0.2) is 0 Å². The van der Waals surface area contributed by atoms with E-state index in [1.54, 1.807) is 18.2 Å². The highest BCUT2D eigenvalue weighted by Crippen LogP contribution is 2.25. The van der Waals surface area contributed by atoms with Crippen LogP contribution in [-0.2, 0) is 6.54 Å². The Hall–Kier alpha value is -3.28. The number of amides is 1. The molecule has 5 rings (SSSR count). The molecule has 1 aliphatic heterocycles. The summed E-state index contributed by atoms with van der Waals surface area (Å²) in [5.41, 5.74) is 4.25. The topological polar surface area (TPSA) is 45.2 Å². The molecule has 0 atom stereocenters. The van der Waals surface area contributed by atoms with Gasteiger partial charge >= 0.3 is 0 Å². The lowest BCUT2D eigenvalue weighted by molar-refractivity contribution is 0.102. The van der Waals surface area contributed by atoms with Gasteiger partial charge in [-0.05, 0) is 85.1 Å². The molecule has 2 heterocycles. The largest absolute Gasteiger partial charge is 0.319 e. The van der Waals surface area contributed by atoms with Crippen LogP contribution in [0.25, 0.3) is 22.0 Å². The summed E-state index contributed by atoms with van der Waals surface area (Å²) < 4.78 is 14.8. The highest BCUT2D eigenvalue weighted by Gasteiger charge is 2.14. The van der Waals surface area contributed by atoms with Crippen LogP contribution >= 0.6 is 11.6 Å². The fraction of sp³-hybridized carbons (Fsp3) is 0.185. The van der Waals surface area contributed by atoms with Crippen molar-refractivity contribution >= 4 is 34.1 Å². The van der Waals surface area contributed by atoms with Gasteiger partial charge in [0.05, 0.1) is 11.2 Å². The number of nitrogens with zero attached hydrogens (tertiary/aromatic N) is 2. The lowest BCUT2D eigenvalue weighted by atomic mass is 10.0. The second-order valence-electron chi connectivity index (χ2n) is 8.39. The molecule has 0 aliphatic carbocycles. The highest BCUT2D eigenvalue weighted by atomic mass is 35.5. The first-order chi connectivity index (χ1) is 16.0. The molecule has 1 fully saturated rings. The van der Waals surface area contributed by atoms with Gasteiger partial charge in [-0.1, -0.05) is 35.9 Å². The minimum atomic E-state index is -0.478. The zero-order valence-corrected chi connectivity index (χ0v) is 18.8. The SMILES string of the molecule is O=C(Nc1cc2ncc(CN3CCCC3)cc2cc1F)c1ccc(-c2ccc(Cl)cc2)cc1. The van der Waals surface area contributed by atoms with E-state index >= 15 is 0 Å². The van der Waals surface area contributed by atoms with Gasteiger partial charge in [-0.3, -0.25) is 14.7 Å². The van der Waals surface area contributed by atoms with E-state index < -0.39 is 5.82 Å². The van der Waals surface area contributed by atoms with E-state index in [0.29, 0.717) is 16.1 Å². The Labute approximate surface area is 197 Å². The third-order valence-electron chi connectivity index (χ3n) is 6.00. The second-order valence-corrected chi connectivity index (χ2v) is 8.83. The molecule has 33 heavy (non-hydrogen) atoms. The normalized spacial score (nSPS) is 14.0. The van der Waals surface area contributed by atoms with E-state index in [1.165, 1.54) is 18.9 Å². The van der Waals surface area contributed by atoms with Crippen molar-refractivity contribution in [1.82, 2.24) is 9.88 Å². The van der Waals surface area contributed by atoms with Gasteiger partial charge in [-0.2, -0.15) is 0 Å². The molecule has 0 spiro atoms. The maximum absolute atomic E-state index is 14.8. The number of hydrogen-bond acceptors (Lipinski definition) is 3. The number of carbonyl (C=O) groups excluding carboxylic acids is 1. The Kier molecular flexibility index (Phi) is 6.07. The molecule has 0 saturated carbocycles. The summed E-state index contributed by atoms with van der Waals surface area (Å²) >= 11 is 5.94. The summed E-state index contributed by atoms with van der Waals surface area (Å²) in [7, 11) is 0. The molecule has 3 aromatic carbocycles. The Morgan fingerprint density at radius 3 is 2.33 bits per heavy atom. The molecule has 1 saturated heterocycles. The number of rotatable bonds is 5. The molecule has 4 aromatic rings. The molecule has 0 unspecified atom stereocenters. The van der Waals surface area contributed by atoms with E-state index in [2.05, 4.69) is 15.2 Å². The zero-order chi connectivity index (χ0) is 22.8. The van der Waals surface area contributed by atoms with Gasteiger partial charge in [0.2, 0.25) is 0 Å². The molecule has 0 bridgehead atoms. The quantitative estimate of drug-likeness (QED) is 0.368. The van der Waals surface area contributed by atoms with Gasteiger partial charge < -0.3 is 5.32 Å². The van der Waals surface area contributed by atoms with Crippen LogP contribution in [0.15, 0.2) is 72.9 Å². The van der Waals surface area contributed by atoms with Crippen molar-refractivity contribution in [1.29, 1.82) is 0 Å². The maximum atomic E-state index is 14.8. The number of nitrogens with one attached hydrogen (secondary N) is 1. The Morgan fingerprint density at radius 1 is 0.970 bits per heavy atom. The Bertz CT molecular complexity index is 1300. The molecule has 1 aromatic heterocycles. The molecular weight excluding hydrogens is 437 g/mol. The average molecular weight is 460 g/mol. The van der Waals surface area contributed by atoms with Crippen molar-refractivity contribution in [2.45, 2.75) is 19.4 Å². The number of anilines is 1. The maximum Gasteiger partial charge on any atom is 0.255 e. The van der Waals surface area contributed by atoms with Crippen LogP contribution in [0.1, 0.15) is 28.8 Å². The number of fused-ring (bicyclic) bond motifs is 1. The van der Waals surface area contributed by atoms with Crippen LogP contribution in [0.2, 0.25) is 5.02 Å². The summed E-state index contributed by atoms with van der Waals surface area (Å²) in [6.45, 7) is 3.02. The summed E-state index contributed by atoms with van der Waals surface area (Å²) in [5, 5.41) is 4.08. The monoisotopic (exact) mass is 459 g/mol. The minimum absolute atomic E-state index is 0.120. The average Bonchev–Trinajstić information content (AvgIpc) is 3.33. The van der Waals surface area contributed by atoms with Gasteiger partial charge in [0, 0.05) is 28.7 Å². The first kappa shape index (κ1) is 21.6. The van der Waals surface area contributed by atoms with Crippen LogP contribution in [0.4, 0.5) is 10.1 Å². The lowest BCUT2D eigenvalue weighted by Gasteiger charge is -2.15. The molecule has 1 N–H and O–H groups in total. The van der Waals surface area contributed by atoms with E-state index in [0.717, 1.165) is 41.7 Å². The number of pyridine rings is 1. The number of likely N-dealkylation sites (tertiary alicyclic amines) is 1. The van der Waals surface area contributed by atoms with Crippen LogP contribution in [-0.4, -0.2) is 28.9 Å². The predicted octanol–water partition coefficient (Wildman–Crippen LogP) is 6.54. The third kappa shape index (κ3) is 4.90. The standard InChI is InChI=1S/C27H23ClFN3O/c28-23-9-7-20(8-10-23)19-3-5-21(6-4-19)27(33)31-26-15-25-22(14-24(26)29)13-18(16-30-25)17-32-11-1-2-12-32/h3-10,13-16H,1-2,11-12,17H2,(H,31,33). The van der Waals surface area contributed by atoms with E-state index in [4.69, 9.17) is 11.6 Å². The summed E-state index contributed by atoms with van der Waals surface area (Å²) in [5.74, 6) is -0.852.